The van der Waals surface area contributed by atoms with Crippen LogP contribution in [0.3, 0.4) is 0 Å². The molecule has 1 aliphatic rings. The quantitative estimate of drug-likeness (QED) is 0.936. The lowest BCUT2D eigenvalue weighted by molar-refractivity contribution is -0.143. The minimum atomic E-state index is -0.842. The van der Waals surface area contributed by atoms with Crippen molar-refractivity contribution in [3.63, 3.8) is 0 Å². The van der Waals surface area contributed by atoms with E-state index in [-0.39, 0.29) is 0 Å². The van der Waals surface area contributed by atoms with Crippen LogP contribution in [0, 0.1) is 0 Å². The minimum absolute atomic E-state index is 0.462. The summed E-state index contributed by atoms with van der Waals surface area (Å²) in [6.07, 6.45) is 1.92. The van der Waals surface area contributed by atoms with Crippen molar-refractivity contribution in [3.8, 4) is 5.75 Å². The fourth-order valence-electron chi connectivity index (χ4n) is 3.34. The Kier molecular flexibility index (Phi) is 3.42. The molecule has 1 unspecified atom stereocenters. The maximum absolute atomic E-state index is 12.0. The molecule has 2 aromatic carbocycles. The van der Waals surface area contributed by atoms with Crippen LogP contribution in [0.25, 0.3) is 0 Å². The first kappa shape index (κ1) is 13.7. The molecule has 0 spiro atoms. The summed E-state index contributed by atoms with van der Waals surface area (Å²) in [7, 11) is 1.62. The van der Waals surface area contributed by atoms with Gasteiger partial charge >= 0.3 is 5.97 Å². The maximum atomic E-state index is 12.0. The van der Waals surface area contributed by atoms with E-state index in [1.165, 1.54) is 0 Å². The highest BCUT2D eigenvalue weighted by atomic mass is 16.5. The Morgan fingerprint density at radius 2 is 1.90 bits per heavy atom. The van der Waals surface area contributed by atoms with Gasteiger partial charge in [-0.1, -0.05) is 42.5 Å². The van der Waals surface area contributed by atoms with E-state index < -0.39 is 11.4 Å². The average Bonchev–Trinajstić information content (AvgIpc) is 2.88. The Morgan fingerprint density at radius 1 is 1.19 bits per heavy atom. The van der Waals surface area contributed by atoms with Crippen molar-refractivity contribution in [2.75, 3.05) is 7.11 Å². The van der Waals surface area contributed by atoms with Gasteiger partial charge in [-0.15, -0.1) is 0 Å². The minimum Gasteiger partial charge on any atom is -0.496 e. The molecule has 1 atom stereocenters. The van der Waals surface area contributed by atoms with Crippen LogP contribution in [0.1, 0.15) is 23.1 Å². The maximum Gasteiger partial charge on any atom is 0.314 e. The molecule has 108 valence electrons. The van der Waals surface area contributed by atoms with E-state index in [1.54, 1.807) is 7.11 Å². The van der Waals surface area contributed by atoms with Crippen LogP contribution in [0.5, 0.6) is 5.75 Å². The molecule has 0 aliphatic heterocycles. The lowest BCUT2D eigenvalue weighted by Gasteiger charge is -2.26. The number of para-hydroxylation sites is 1. The van der Waals surface area contributed by atoms with Crippen molar-refractivity contribution < 1.29 is 14.6 Å². The van der Waals surface area contributed by atoms with Crippen LogP contribution in [0.2, 0.25) is 0 Å². The number of hydrogen-bond acceptors (Lipinski definition) is 2. The van der Waals surface area contributed by atoms with Gasteiger partial charge < -0.3 is 9.84 Å². The van der Waals surface area contributed by atoms with Gasteiger partial charge in [-0.25, -0.2) is 0 Å². The van der Waals surface area contributed by atoms with Crippen molar-refractivity contribution >= 4 is 5.97 Å². The summed E-state index contributed by atoms with van der Waals surface area (Å²) in [4.78, 5) is 12.0. The van der Waals surface area contributed by atoms with E-state index >= 15 is 0 Å². The van der Waals surface area contributed by atoms with Gasteiger partial charge in [0.2, 0.25) is 0 Å². The molecule has 3 heteroatoms. The van der Waals surface area contributed by atoms with Crippen molar-refractivity contribution in [1.29, 1.82) is 0 Å². The molecule has 3 rings (SSSR count). The Bertz CT molecular complexity index is 678. The highest BCUT2D eigenvalue weighted by Crippen LogP contribution is 2.43. The summed E-state index contributed by atoms with van der Waals surface area (Å²) in [5.41, 5.74) is 2.20. The van der Waals surface area contributed by atoms with Crippen LogP contribution in [-0.4, -0.2) is 18.2 Å². The standard InChI is InChI=1S/C18H18O3/c1-21-16-9-5-3-7-14(16)12-18(17(19)20)11-10-13-6-2-4-8-15(13)18/h2-9H,10-12H2,1H3,(H,19,20). The third-order valence-electron chi connectivity index (χ3n) is 4.45. The number of carboxylic acids is 1. The lowest BCUT2D eigenvalue weighted by Crippen LogP contribution is -2.36. The second kappa shape index (κ2) is 5.24. The van der Waals surface area contributed by atoms with Crippen LogP contribution in [-0.2, 0) is 23.1 Å². The Labute approximate surface area is 124 Å². The SMILES string of the molecule is COc1ccccc1CC1(C(=O)O)CCc2ccccc21. The number of methoxy groups -OCH3 is 1. The zero-order valence-corrected chi connectivity index (χ0v) is 12.0. The average molecular weight is 282 g/mol. The first-order valence-electron chi connectivity index (χ1n) is 7.11. The predicted molar refractivity (Wildman–Crippen MR) is 80.8 cm³/mol. The van der Waals surface area contributed by atoms with Crippen molar-refractivity contribution in [3.05, 3.63) is 65.2 Å². The summed E-state index contributed by atoms with van der Waals surface area (Å²) >= 11 is 0. The van der Waals surface area contributed by atoms with E-state index in [2.05, 4.69) is 0 Å². The van der Waals surface area contributed by atoms with Gasteiger partial charge in [0.05, 0.1) is 12.5 Å². The zero-order valence-electron chi connectivity index (χ0n) is 12.0. The molecule has 0 amide bonds. The lowest BCUT2D eigenvalue weighted by atomic mass is 9.76. The van der Waals surface area contributed by atoms with Gasteiger partial charge in [0.1, 0.15) is 5.75 Å². The Hall–Kier alpha value is -2.29. The van der Waals surface area contributed by atoms with Crippen LogP contribution >= 0.6 is 0 Å². The molecular weight excluding hydrogens is 264 g/mol. The molecule has 0 aromatic heterocycles. The molecule has 1 N–H and O–H groups in total. The van der Waals surface area contributed by atoms with Gasteiger partial charge in [-0.3, -0.25) is 4.79 Å². The molecule has 0 fully saturated rings. The normalized spacial score (nSPS) is 20.0. The molecule has 0 heterocycles. The highest BCUT2D eigenvalue weighted by molar-refractivity contribution is 5.84. The molecule has 0 saturated heterocycles. The number of carboxylic acid groups (broad SMARTS) is 1. The predicted octanol–water partition coefficient (Wildman–Crippen LogP) is 3.21. The van der Waals surface area contributed by atoms with Crippen molar-refractivity contribution in [1.82, 2.24) is 0 Å². The van der Waals surface area contributed by atoms with Gasteiger partial charge in [0.15, 0.2) is 0 Å². The summed E-state index contributed by atoms with van der Waals surface area (Å²) in [5, 5.41) is 9.89. The number of fused-ring (bicyclic) bond motifs is 1. The second-order valence-electron chi connectivity index (χ2n) is 5.53. The van der Waals surface area contributed by atoms with Crippen molar-refractivity contribution in [2.45, 2.75) is 24.7 Å². The third kappa shape index (κ3) is 2.19. The number of ether oxygens (including phenoxy) is 1. The van der Waals surface area contributed by atoms with Crippen LogP contribution in [0.4, 0.5) is 0 Å². The number of hydrogen-bond donors (Lipinski definition) is 1. The first-order chi connectivity index (χ1) is 10.2. The van der Waals surface area contributed by atoms with Gasteiger partial charge in [0.25, 0.3) is 0 Å². The number of aliphatic carboxylic acids is 1. The monoisotopic (exact) mass is 282 g/mol. The smallest absolute Gasteiger partial charge is 0.314 e. The molecule has 2 aromatic rings. The molecule has 0 bridgehead atoms. The highest BCUT2D eigenvalue weighted by Gasteiger charge is 2.45. The number of aryl methyl sites for hydroxylation is 1. The van der Waals surface area contributed by atoms with E-state index in [0.29, 0.717) is 12.8 Å². The summed E-state index contributed by atoms with van der Waals surface area (Å²) in [6, 6.07) is 15.5. The molecular formula is C18H18O3. The fraction of sp³-hybridized carbons (Fsp3) is 0.278. The molecule has 0 saturated carbocycles. The van der Waals surface area contributed by atoms with Crippen LogP contribution < -0.4 is 4.74 Å². The van der Waals surface area contributed by atoms with E-state index in [9.17, 15) is 9.90 Å². The number of benzene rings is 2. The Morgan fingerprint density at radius 3 is 2.67 bits per heavy atom. The van der Waals surface area contributed by atoms with Gasteiger partial charge in [-0.05, 0) is 42.0 Å². The topological polar surface area (TPSA) is 46.5 Å². The molecule has 3 nitrogen and oxygen atoms in total. The summed E-state index contributed by atoms with van der Waals surface area (Å²) in [5.74, 6) is 0.000798. The third-order valence-corrected chi connectivity index (χ3v) is 4.45. The first-order valence-corrected chi connectivity index (χ1v) is 7.11. The summed E-state index contributed by atoms with van der Waals surface area (Å²) < 4.78 is 5.38. The zero-order chi connectivity index (χ0) is 14.9. The van der Waals surface area contributed by atoms with Gasteiger partial charge in [0, 0.05) is 0 Å². The van der Waals surface area contributed by atoms with E-state index in [4.69, 9.17) is 4.74 Å². The Balaban J connectivity index is 2.07. The van der Waals surface area contributed by atoms with E-state index in [0.717, 1.165) is 28.9 Å². The molecule has 1 aliphatic carbocycles. The molecule has 0 radical (unpaired) electrons. The number of carbonyl (C=O) groups is 1. The van der Waals surface area contributed by atoms with Crippen LogP contribution in [0.15, 0.2) is 48.5 Å². The number of rotatable bonds is 4. The largest absolute Gasteiger partial charge is 0.496 e. The van der Waals surface area contributed by atoms with Crippen molar-refractivity contribution in [2.24, 2.45) is 0 Å². The second-order valence-corrected chi connectivity index (χ2v) is 5.53. The van der Waals surface area contributed by atoms with Gasteiger partial charge in [-0.2, -0.15) is 0 Å². The summed E-state index contributed by atoms with van der Waals surface area (Å²) in [6.45, 7) is 0. The van der Waals surface area contributed by atoms with E-state index in [1.807, 2.05) is 48.5 Å². The fourth-order valence-corrected chi connectivity index (χ4v) is 3.34. The molecule has 21 heavy (non-hydrogen) atoms.